The Morgan fingerprint density at radius 1 is 1.13 bits per heavy atom. The van der Waals surface area contributed by atoms with Gasteiger partial charge in [-0.05, 0) is 25.7 Å². The molecule has 0 saturated carbocycles. The molecule has 0 aromatic heterocycles. The smallest absolute Gasteiger partial charge is 0.309 e. The molecule has 15 heavy (non-hydrogen) atoms. The van der Waals surface area contributed by atoms with E-state index >= 15 is 0 Å². The molecule has 0 fully saturated rings. The molecular formula is C13H26O2. The first-order valence-electron chi connectivity index (χ1n) is 5.89. The van der Waals surface area contributed by atoms with Gasteiger partial charge in [0.1, 0.15) is 5.60 Å². The maximum absolute atomic E-state index is 11.9. The number of ether oxygens (including phenoxy) is 1. The Morgan fingerprint density at radius 2 is 1.60 bits per heavy atom. The second kappa shape index (κ2) is 5.00. The average Bonchev–Trinajstić information content (AvgIpc) is 2.16. The largest absolute Gasteiger partial charge is 0.459 e. The summed E-state index contributed by atoms with van der Waals surface area (Å²) in [5.41, 5.74) is -0.323. The summed E-state index contributed by atoms with van der Waals surface area (Å²) in [7, 11) is 0. The lowest BCUT2D eigenvalue weighted by atomic mass is 9.78. The molecule has 0 aliphatic rings. The van der Waals surface area contributed by atoms with Crippen LogP contribution in [0.25, 0.3) is 0 Å². The van der Waals surface area contributed by atoms with Crippen LogP contribution in [0.15, 0.2) is 0 Å². The fourth-order valence-corrected chi connectivity index (χ4v) is 1.06. The Labute approximate surface area is 94.4 Å². The van der Waals surface area contributed by atoms with E-state index in [0.29, 0.717) is 0 Å². The number of esters is 1. The average molecular weight is 214 g/mol. The third kappa shape index (κ3) is 4.23. The van der Waals surface area contributed by atoms with E-state index in [2.05, 4.69) is 20.8 Å². The number of hydrogen-bond donors (Lipinski definition) is 0. The highest BCUT2D eigenvalue weighted by Crippen LogP contribution is 2.32. The predicted octanol–water partition coefficient (Wildman–Crippen LogP) is 3.79. The Hall–Kier alpha value is -0.530. The summed E-state index contributed by atoms with van der Waals surface area (Å²) in [6.45, 7) is 14.2. The third-order valence-corrected chi connectivity index (χ3v) is 3.67. The second-order valence-electron chi connectivity index (χ2n) is 5.60. The summed E-state index contributed by atoms with van der Waals surface area (Å²) in [5, 5.41) is 0. The first kappa shape index (κ1) is 14.5. The van der Waals surface area contributed by atoms with E-state index in [-0.39, 0.29) is 22.9 Å². The SMILES string of the molecule is CCC(C)(C)OC(=O)C(C)C(C)(C)CC. The molecule has 0 bridgehead atoms. The van der Waals surface area contributed by atoms with Crippen LogP contribution in [0, 0.1) is 11.3 Å². The van der Waals surface area contributed by atoms with Crippen LogP contribution in [0.4, 0.5) is 0 Å². The number of hydrogen-bond acceptors (Lipinski definition) is 2. The highest BCUT2D eigenvalue weighted by Gasteiger charge is 2.33. The van der Waals surface area contributed by atoms with E-state index in [9.17, 15) is 4.79 Å². The molecule has 2 nitrogen and oxygen atoms in total. The molecule has 0 N–H and O–H groups in total. The molecule has 0 aliphatic carbocycles. The predicted molar refractivity (Wildman–Crippen MR) is 63.7 cm³/mol. The van der Waals surface area contributed by atoms with Crippen molar-refractivity contribution in [3.8, 4) is 0 Å². The molecule has 90 valence electrons. The maximum Gasteiger partial charge on any atom is 0.309 e. The highest BCUT2D eigenvalue weighted by molar-refractivity contribution is 5.73. The van der Waals surface area contributed by atoms with Gasteiger partial charge in [-0.2, -0.15) is 0 Å². The minimum Gasteiger partial charge on any atom is -0.459 e. The van der Waals surface area contributed by atoms with Crippen LogP contribution in [-0.2, 0) is 9.53 Å². The van der Waals surface area contributed by atoms with E-state index in [0.717, 1.165) is 12.8 Å². The Balaban J connectivity index is 4.47. The Kier molecular flexibility index (Phi) is 4.82. The van der Waals surface area contributed by atoms with Gasteiger partial charge in [-0.3, -0.25) is 4.79 Å². The zero-order valence-corrected chi connectivity index (χ0v) is 11.3. The van der Waals surface area contributed by atoms with Gasteiger partial charge in [0.2, 0.25) is 0 Å². The Bertz CT molecular complexity index is 217. The lowest BCUT2D eigenvalue weighted by molar-refractivity contribution is -0.165. The normalized spacial score (nSPS) is 14.9. The van der Waals surface area contributed by atoms with Gasteiger partial charge in [0.25, 0.3) is 0 Å². The fraction of sp³-hybridized carbons (Fsp3) is 0.923. The quantitative estimate of drug-likeness (QED) is 0.651. The lowest BCUT2D eigenvalue weighted by Crippen LogP contribution is -2.35. The molecule has 0 saturated heterocycles. The summed E-state index contributed by atoms with van der Waals surface area (Å²) in [4.78, 5) is 11.9. The maximum atomic E-state index is 11.9. The van der Waals surface area contributed by atoms with Gasteiger partial charge in [0, 0.05) is 0 Å². The zero-order chi connectivity index (χ0) is 12.3. The van der Waals surface area contributed by atoms with Crippen molar-refractivity contribution in [1.82, 2.24) is 0 Å². The number of rotatable bonds is 5. The Morgan fingerprint density at radius 3 is 1.93 bits per heavy atom. The fourth-order valence-electron chi connectivity index (χ4n) is 1.06. The molecule has 0 amide bonds. The van der Waals surface area contributed by atoms with E-state index in [1.165, 1.54) is 0 Å². The van der Waals surface area contributed by atoms with E-state index in [1.54, 1.807) is 0 Å². The van der Waals surface area contributed by atoms with Crippen LogP contribution in [0.2, 0.25) is 0 Å². The van der Waals surface area contributed by atoms with Gasteiger partial charge < -0.3 is 4.74 Å². The van der Waals surface area contributed by atoms with Crippen LogP contribution in [0.3, 0.4) is 0 Å². The number of carbonyl (C=O) groups excluding carboxylic acids is 1. The van der Waals surface area contributed by atoms with Crippen molar-refractivity contribution < 1.29 is 9.53 Å². The molecule has 1 unspecified atom stereocenters. The van der Waals surface area contributed by atoms with Crippen LogP contribution >= 0.6 is 0 Å². The van der Waals surface area contributed by atoms with Crippen molar-refractivity contribution in [1.29, 1.82) is 0 Å². The van der Waals surface area contributed by atoms with Crippen LogP contribution < -0.4 is 0 Å². The number of carbonyl (C=O) groups is 1. The minimum atomic E-state index is -0.338. The van der Waals surface area contributed by atoms with Gasteiger partial charge in [-0.15, -0.1) is 0 Å². The van der Waals surface area contributed by atoms with Crippen molar-refractivity contribution in [2.45, 2.75) is 66.9 Å². The van der Waals surface area contributed by atoms with Crippen molar-refractivity contribution in [3.05, 3.63) is 0 Å². The van der Waals surface area contributed by atoms with Crippen molar-refractivity contribution in [2.75, 3.05) is 0 Å². The van der Waals surface area contributed by atoms with E-state index in [4.69, 9.17) is 4.74 Å². The first-order valence-corrected chi connectivity index (χ1v) is 5.89. The van der Waals surface area contributed by atoms with Gasteiger partial charge in [-0.25, -0.2) is 0 Å². The monoisotopic (exact) mass is 214 g/mol. The van der Waals surface area contributed by atoms with E-state index < -0.39 is 0 Å². The molecule has 2 heteroatoms. The van der Waals surface area contributed by atoms with Gasteiger partial charge >= 0.3 is 5.97 Å². The topological polar surface area (TPSA) is 26.3 Å². The van der Waals surface area contributed by atoms with Crippen LogP contribution in [0.5, 0.6) is 0 Å². The van der Waals surface area contributed by atoms with Crippen molar-refractivity contribution in [3.63, 3.8) is 0 Å². The molecule has 0 aromatic rings. The van der Waals surface area contributed by atoms with Crippen molar-refractivity contribution >= 4 is 5.97 Å². The van der Waals surface area contributed by atoms with Crippen molar-refractivity contribution in [2.24, 2.45) is 11.3 Å². The summed E-state index contributed by atoms with van der Waals surface area (Å²) >= 11 is 0. The molecular weight excluding hydrogens is 188 g/mol. The molecule has 1 atom stereocenters. The minimum absolute atomic E-state index is 0.0148. The zero-order valence-electron chi connectivity index (χ0n) is 11.3. The molecule has 0 spiro atoms. The molecule has 0 aliphatic heterocycles. The summed E-state index contributed by atoms with van der Waals surface area (Å²) in [5.74, 6) is -0.123. The molecule has 0 rings (SSSR count). The summed E-state index contributed by atoms with van der Waals surface area (Å²) in [6.07, 6.45) is 1.83. The van der Waals surface area contributed by atoms with Gasteiger partial charge in [0.15, 0.2) is 0 Å². The summed E-state index contributed by atoms with van der Waals surface area (Å²) < 4.78 is 5.50. The standard InChI is InChI=1S/C13H26O2/c1-8-12(4,5)10(3)11(14)15-13(6,7)9-2/h10H,8-9H2,1-7H3. The lowest BCUT2D eigenvalue weighted by Gasteiger charge is -2.32. The molecule has 0 heterocycles. The van der Waals surface area contributed by atoms with E-state index in [1.807, 2.05) is 27.7 Å². The second-order valence-corrected chi connectivity index (χ2v) is 5.60. The third-order valence-electron chi connectivity index (χ3n) is 3.67. The molecule has 0 radical (unpaired) electrons. The molecule has 0 aromatic carbocycles. The van der Waals surface area contributed by atoms with Gasteiger partial charge in [0.05, 0.1) is 5.92 Å². The van der Waals surface area contributed by atoms with Crippen LogP contribution in [0.1, 0.15) is 61.3 Å². The highest BCUT2D eigenvalue weighted by atomic mass is 16.6. The first-order chi connectivity index (χ1) is 6.66. The van der Waals surface area contributed by atoms with Gasteiger partial charge in [-0.1, -0.05) is 41.0 Å². The summed E-state index contributed by atoms with van der Waals surface area (Å²) in [6, 6.07) is 0. The van der Waals surface area contributed by atoms with Crippen LogP contribution in [-0.4, -0.2) is 11.6 Å².